The number of rotatable bonds is 5. The summed E-state index contributed by atoms with van der Waals surface area (Å²) in [5.41, 5.74) is 2.51. The van der Waals surface area contributed by atoms with E-state index in [2.05, 4.69) is 5.32 Å². The van der Waals surface area contributed by atoms with Crippen molar-refractivity contribution in [3.8, 4) is 5.75 Å². The highest BCUT2D eigenvalue weighted by atomic mass is 32.1. The van der Waals surface area contributed by atoms with E-state index in [1.165, 1.54) is 0 Å². The van der Waals surface area contributed by atoms with Gasteiger partial charge in [-0.2, -0.15) is 0 Å². The molecular weight excluding hydrogens is 358 g/mol. The molecule has 27 heavy (non-hydrogen) atoms. The molecule has 5 heteroatoms. The molecule has 0 unspecified atom stereocenters. The molecule has 4 rings (SSSR count). The minimum atomic E-state index is -0.232. The summed E-state index contributed by atoms with van der Waals surface area (Å²) < 4.78 is 11.1. The first-order valence-electron chi connectivity index (χ1n) is 8.63. The third-order valence-corrected chi connectivity index (χ3v) is 5.52. The molecule has 2 aromatic heterocycles. The van der Waals surface area contributed by atoms with Crippen molar-refractivity contribution in [2.24, 2.45) is 0 Å². The number of hydrogen-bond acceptors (Lipinski definition) is 4. The van der Waals surface area contributed by atoms with Crippen LogP contribution in [-0.4, -0.2) is 13.0 Å². The van der Waals surface area contributed by atoms with Crippen molar-refractivity contribution in [3.05, 3.63) is 87.8 Å². The number of amides is 1. The van der Waals surface area contributed by atoms with Gasteiger partial charge in [-0.3, -0.25) is 4.79 Å². The number of aryl methyl sites for hydroxylation is 1. The summed E-state index contributed by atoms with van der Waals surface area (Å²) in [5, 5.41) is 6.02. The molecule has 2 heterocycles. The second kappa shape index (κ2) is 7.29. The molecule has 0 saturated carbocycles. The second-order valence-corrected chi connectivity index (χ2v) is 7.23. The van der Waals surface area contributed by atoms with Crippen molar-refractivity contribution in [2.75, 3.05) is 7.11 Å². The van der Waals surface area contributed by atoms with E-state index in [1.54, 1.807) is 18.4 Å². The van der Waals surface area contributed by atoms with Crippen molar-refractivity contribution < 1.29 is 13.9 Å². The van der Waals surface area contributed by atoms with Crippen molar-refractivity contribution in [1.82, 2.24) is 5.32 Å². The fraction of sp³-hybridized carbons (Fsp3) is 0.136. The summed E-state index contributed by atoms with van der Waals surface area (Å²) in [7, 11) is 1.62. The highest BCUT2D eigenvalue weighted by Crippen LogP contribution is 2.30. The first-order valence-corrected chi connectivity index (χ1v) is 9.51. The van der Waals surface area contributed by atoms with Gasteiger partial charge in [0.2, 0.25) is 0 Å². The van der Waals surface area contributed by atoms with Gasteiger partial charge in [0.25, 0.3) is 5.91 Å². The van der Waals surface area contributed by atoms with Gasteiger partial charge in [-0.15, -0.1) is 11.3 Å². The number of furan rings is 1. The van der Waals surface area contributed by atoms with Crippen LogP contribution < -0.4 is 10.1 Å². The van der Waals surface area contributed by atoms with E-state index in [0.29, 0.717) is 11.3 Å². The van der Waals surface area contributed by atoms with Gasteiger partial charge >= 0.3 is 0 Å². The quantitative estimate of drug-likeness (QED) is 0.511. The van der Waals surface area contributed by atoms with Crippen molar-refractivity contribution in [1.29, 1.82) is 0 Å². The number of carbonyl (C=O) groups is 1. The maximum atomic E-state index is 13.0. The zero-order valence-electron chi connectivity index (χ0n) is 15.1. The number of thiophene rings is 1. The number of methoxy groups -OCH3 is 1. The number of ether oxygens (including phenoxy) is 1. The van der Waals surface area contributed by atoms with E-state index in [1.807, 2.05) is 73.0 Å². The third kappa shape index (κ3) is 3.34. The van der Waals surface area contributed by atoms with Crippen LogP contribution in [0, 0.1) is 6.92 Å². The summed E-state index contributed by atoms with van der Waals surface area (Å²) in [6.45, 7) is 1.89. The molecule has 2 aromatic carbocycles. The Morgan fingerprint density at radius 1 is 1.11 bits per heavy atom. The molecule has 0 bridgehead atoms. The summed E-state index contributed by atoms with van der Waals surface area (Å²) in [6.07, 6.45) is 0. The number of carbonyl (C=O) groups excluding carboxylic acids is 1. The fourth-order valence-electron chi connectivity index (χ4n) is 3.16. The smallest absolute Gasteiger partial charge is 0.288 e. The molecule has 0 fully saturated rings. The van der Waals surface area contributed by atoms with Crippen molar-refractivity contribution >= 4 is 28.2 Å². The SMILES string of the molecule is COc1ccc2oc(C(=O)N[C@@H](c3ccccc3)c3cccs3)c(C)c2c1. The molecule has 1 amide bonds. The molecule has 4 nitrogen and oxygen atoms in total. The Morgan fingerprint density at radius 2 is 1.93 bits per heavy atom. The molecule has 0 aliphatic heterocycles. The minimum absolute atomic E-state index is 0.221. The van der Waals surface area contributed by atoms with Crippen LogP contribution in [0.15, 0.2) is 70.5 Å². The number of hydrogen-bond donors (Lipinski definition) is 1. The van der Waals surface area contributed by atoms with E-state index in [-0.39, 0.29) is 11.9 Å². The van der Waals surface area contributed by atoms with Crippen LogP contribution in [0.3, 0.4) is 0 Å². The lowest BCUT2D eigenvalue weighted by atomic mass is 10.0. The van der Waals surface area contributed by atoms with E-state index < -0.39 is 0 Å². The van der Waals surface area contributed by atoms with E-state index in [9.17, 15) is 4.79 Å². The monoisotopic (exact) mass is 377 g/mol. The molecule has 4 aromatic rings. The van der Waals surface area contributed by atoms with Gasteiger partial charge in [0.1, 0.15) is 11.3 Å². The summed E-state index contributed by atoms with van der Waals surface area (Å²) in [4.78, 5) is 14.1. The van der Waals surface area contributed by atoms with Crippen LogP contribution in [0.25, 0.3) is 11.0 Å². The summed E-state index contributed by atoms with van der Waals surface area (Å²) in [5.74, 6) is 0.833. The van der Waals surface area contributed by atoms with Crippen LogP contribution in [-0.2, 0) is 0 Å². The van der Waals surface area contributed by atoms with E-state index >= 15 is 0 Å². The Balaban J connectivity index is 1.69. The predicted octanol–water partition coefficient (Wildman–Crippen LogP) is 5.33. The zero-order chi connectivity index (χ0) is 18.8. The standard InChI is InChI=1S/C22H19NO3S/c1-14-17-13-16(25-2)10-11-18(17)26-21(14)22(24)23-20(19-9-6-12-27-19)15-7-4-3-5-8-15/h3-13,20H,1-2H3,(H,23,24)/t20-/m0/s1. The Hall–Kier alpha value is -3.05. The first-order chi connectivity index (χ1) is 13.2. The van der Waals surface area contributed by atoms with Crippen LogP contribution in [0.2, 0.25) is 0 Å². The van der Waals surface area contributed by atoms with Crippen molar-refractivity contribution in [3.63, 3.8) is 0 Å². The van der Waals surface area contributed by atoms with Crippen LogP contribution in [0.4, 0.5) is 0 Å². The summed E-state index contributed by atoms with van der Waals surface area (Å²) in [6, 6.07) is 19.3. The van der Waals surface area contributed by atoms with Crippen molar-refractivity contribution in [2.45, 2.75) is 13.0 Å². The fourth-order valence-corrected chi connectivity index (χ4v) is 3.96. The zero-order valence-corrected chi connectivity index (χ0v) is 15.9. The predicted molar refractivity (Wildman–Crippen MR) is 108 cm³/mol. The third-order valence-electron chi connectivity index (χ3n) is 4.59. The highest BCUT2D eigenvalue weighted by Gasteiger charge is 2.23. The number of nitrogens with one attached hydrogen (secondary N) is 1. The number of fused-ring (bicyclic) bond motifs is 1. The van der Waals surface area contributed by atoms with E-state index in [0.717, 1.165) is 27.1 Å². The molecule has 0 spiro atoms. The van der Waals surface area contributed by atoms with Gasteiger partial charge in [-0.25, -0.2) is 0 Å². The lowest BCUT2D eigenvalue weighted by Crippen LogP contribution is -2.28. The normalized spacial score (nSPS) is 12.1. The molecule has 0 aliphatic carbocycles. The second-order valence-electron chi connectivity index (χ2n) is 6.25. The lowest BCUT2D eigenvalue weighted by Gasteiger charge is -2.17. The van der Waals surface area contributed by atoms with Crippen LogP contribution in [0.5, 0.6) is 5.75 Å². The van der Waals surface area contributed by atoms with Crippen LogP contribution in [0.1, 0.15) is 32.6 Å². The highest BCUT2D eigenvalue weighted by molar-refractivity contribution is 7.10. The Morgan fingerprint density at radius 3 is 2.63 bits per heavy atom. The lowest BCUT2D eigenvalue weighted by molar-refractivity contribution is 0.0917. The Kier molecular flexibility index (Phi) is 4.69. The van der Waals surface area contributed by atoms with Crippen LogP contribution >= 0.6 is 11.3 Å². The Labute approximate surface area is 161 Å². The largest absolute Gasteiger partial charge is 0.497 e. The number of benzene rings is 2. The van der Waals surface area contributed by atoms with Gasteiger partial charge in [0, 0.05) is 15.8 Å². The molecule has 1 atom stereocenters. The van der Waals surface area contributed by atoms with E-state index in [4.69, 9.17) is 9.15 Å². The maximum Gasteiger partial charge on any atom is 0.288 e. The molecule has 0 radical (unpaired) electrons. The van der Waals surface area contributed by atoms with Gasteiger partial charge in [-0.1, -0.05) is 36.4 Å². The topological polar surface area (TPSA) is 51.5 Å². The molecule has 136 valence electrons. The minimum Gasteiger partial charge on any atom is -0.497 e. The average molecular weight is 377 g/mol. The molecular formula is C22H19NO3S. The maximum absolute atomic E-state index is 13.0. The summed E-state index contributed by atoms with van der Waals surface area (Å²) >= 11 is 1.62. The van der Waals surface area contributed by atoms with Gasteiger partial charge in [0.15, 0.2) is 5.76 Å². The first kappa shape index (κ1) is 17.4. The van der Waals surface area contributed by atoms with Gasteiger partial charge in [-0.05, 0) is 42.1 Å². The molecule has 1 N–H and O–H groups in total. The Bertz CT molecular complexity index is 1070. The van der Waals surface area contributed by atoms with Gasteiger partial charge < -0.3 is 14.5 Å². The van der Waals surface area contributed by atoms with Gasteiger partial charge in [0.05, 0.1) is 13.2 Å². The average Bonchev–Trinajstić information content (AvgIpc) is 3.35. The molecule has 0 saturated heterocycles. The molecule has 0 aliphatic rings.